The molecule has 0 unspecified atom stereocenters. The van der Waals surface area contributed by atoms with Crippen LogP contribution < -0.4 is 5.32 Å². The lowest BCUT2D eigenvalue weighted by Gasteiger charge is -2.26. The van der Waals surface area contributed by atoms with Crippen LogP contribution in [0.3, 0.4) is 0 Å². The van der Waals surface area contributed by atoms with Crippen LogP contribution in [0.5, 0.6) is 0 Å². The zero-order valence-corrected chi connectivity index (χ0v) is 10.3. The van der Waals surface area contributed by atoms with Gasteiger partial charge in [0.25, 0.3) is 0 Å². The highest BCUT2D eigenvalue weighted by Gasteiger charge is 2.23. The minimum absolute atomic E-state index is 0.150. The Balaban J connectivity index is 1.88. The van der Waals surface area contributed by atoms with Crippen molar-refractivity contribution in [3.8, 4) is 0 Å². The maximum absolute atomic E-state index is 12.1. The Morgan fingerprint density at radius 2 is 2.62 bits per heavy atom. The van der Waals surface area contributed by atoms with E-state index in [0.29, 0.717) is 6.54 Å². The van der Waals surface area contributed by atoms with E-state index in [1.54, 1.807) is 21.7 Å². The molecule has 1 aliphatic heterocycles. The Bertz CT molecular complexity index is 333. The number of rotatable bonds is 3. The van der Waals surface area contributed by atoms with Crippen molar-refractivity contribution in [1.82, 2.24) is 15.2 Å². The number of hydrogen-bond donors (Lipinski definition) is 1. The van der Waals surface area contributed by atoms with Crippen molar-refractivity contribution in [2.24, 2.45) is 5.92 Å². The summed E-state index contributed by atoms with van der Waals surface area (Å²) in [7, 11) is 1.86. The van der Waals surface area contributed by atoms with Gasteiger partial charge in [0.05, 0.1) is 23.7 Å². The van der Waals surface area contributed by atoms with Gasteiger partial charge in [-0.15, -0.1) is 11.3 Å². The molecule has 1 aromatic rings. The maximum Gasteiger partial charge on any atom is 0.227 e. The molecular formula is C11H17N3OS. The Morgan fingerprint density at radius 3 is 3.25 bits per heavy atom. The molecule has 1 aromatic heterocycles. The van der Waals surface area contributed by atoms with Crippen LogP contribution in [0.25, 0.3) is 0 Å². The molecule has 0 bridgehead atoms. The number of aromatic nitrogens is 1. The Hall–Kier alpha value is -0.940. The molecule has 0 saturated carbocycles. The Morgan fingerprint density at radius 1 is 1.75 bits per heavy atom. The van der Waals surface area contributed by atoms with Gasteiger partial charge in [-0.2, -0.15) is 0 Å². The fraction of sp³-hybridized carbons (Fsp3) is 0.636. The van der Waals surface area contributed by atoms with Crippen LogP contribution in [0.2, 0.25) is 0 Å². The summed E-state index contributed by atoms with van der Waals surface area (Å²) in [5, 5.41) is 5.26. The van der Waals surface area contributed by atoms with Crippen molar-refractivity contribution in [3.05, 3.63) is 16.6 Å². The summed E-state index contributed by atoms with van der Waals surface area (Å²) in [6.07, 6.45) is 2.11. The molecule has 0 aliphatic carbocycles. The molecule has 1 aliphatic rings. The largest absolute Gasteiger partial charge is 0.340 e. The fourth-order valence-corrected chi connectivity index (χ4v) is 2.56. The summed E-state index contributed by atoms with van der Waals surface area (Å²) in [6, 6.07) is 0. The fourth-order valence-electron chi connectivity index (χ4n) is 2.01. The van der Waals surface area contributed by atoms with Crippen molar-refractivity contribution in [2.45, 2.75) is 19.4 Å². The first-order chi connectivity index (χ1) is 7.77. The molecule has 1 amide bonds. The van der Waals surface area contributed by atoms with E-state index in [-0.39, 0.29) is 11.8 Å². The van der Waals surface area contributed by atoms with Gasteiger partial charge >= 0.3 is 0 Å². The van der Waals surface area contributed by atoms with Gasteiger partial charge in [-0.3, -0.25) is 4.79 Å². The Kier molecular flexibility index (Phi) is 3.90. The molecule has 2 rings (SSSR count). The first-order valence-electron chi connectivity index (χ1n) is 5.60. The molecule has 4 nitrogen and oxygen atoms in total. The van der Waals surface area contributed by atoms with Crippen LogP contribution in [-0.4, -0.2) is 35.9 Å². The zero-order valence-electron chi connectivity index (χ0n) is 9.48. The first-order valence-corrected chi connectivity index (χ1v) is 6.54. The molecule has 1 atom stereocenters. The monoisotopic (exact) mass is 239 g/mol. The summed E-state index contributed by atoms with van der Waals surface area (Å²) < 4.78 is 0. The first kappa shape index (κ1) is 11.5. The zero-order chi connectivity index (χ0) is 11.4. The van der Waals surface area contributed by atoms with E-state index >= 15 is 0 Å². The third kappa shape index (κ3) is 2.80. The number of nitrogens with one attached hydrogen (secondary N) is 1. The molecule has 5 heteroatoms. The standard InChI is InChI=1S/C11H17N3OS/c1-14(6-10-7-16-8-13-10)11(15)9-3-2-4-12-5-9/h7-9,12H,2-6H2,1H3/t9-/m1/s1. The topological polar surface area (TPSA) is 45.2 Å². The number of hydrogen-bond acceptors (Lipinski definition) is 4. The van der Waals surface area contributed by atoms with Crippen LogP contribution in [0.1, 0.15) is 18.5 Å². The smallest absolute Gasteiger partial charge is 0.227 e. The predicted molar refractivity (Wildman–Crippen MR) is 64.2 cm³/mol. The summed E-state index contributed by atoms with van der Waals surface area (Å²) in [6.45, 7) is 2.48. The summed E-state index contributed by atoms with van der Waals surface area (Å²) in [5.41, 5.74) is 2.78. The number of carbonyl (C=O) groups excluding carboxylic acids is 1. The number of thiazole rings is 1. The van der Waals surface area contributed by atoms with Crippen LogP contribution in [0.4, 0.5) is 0 Å². The van der Waals surface area contributed by atoms with E-state index in [4.69, 9.17) is 0 Å². The number of piperidine rings is 1. The van der Waals surface area contributed by atoms with Crippen LogP contribution >= 0.6 is 11.3 Å². The summed E-state index contributed by atoms with van der Waals surface area (Å²) >= 11 is 1.57. The molecule has 1 N–H and O–H groups in total. The SMILES string of the molecule is CN(Cc1cscn1)C(=O)[C@@H]1CCCNC1. The molecule has 1 saturated heterocycles. The normalized spacial score (nSPS) is 20.7. The van der Waals surface area contributed by atoms with Gasteiger partial charge < -0.3 is 10.2 Å². The molecule has 0 radical (unpaired) electrons. The van der Waals surface area contributed by atoms with Crippen LogP contribution in [0.15, 0.2) is 10.9 Å². The third-order valence-corrected chi connectivity index (χ3v) is 3.54. The van der Waals surface area contributed by atoms with Gasteiger partial charge in [0.1, 0.15) is 0 Å². The van der Waals surface area contributed by atoms with Gasteiger partial charge in [-0.1, -0.05) is 0 Å². The quantitative estimate of drug-likeness (QED) is 0.859. The van der Waals surface area contributed by atoms with E-state index in [9.17, 15) is 4.79 Å². The molecule has 0 aromatic carbocycles. The Labute approximate surface area is 99.7 Å². The van der Waals surface area contributed by atoms with E-state index < -0.39 is 0 Å². The minimum Gasteiger partial charge on any atom is -0.340 e. The molecular weight excluding hydrogens is 222 g/mol. The highest BCUT2D eigenvalue weighted by atomic mass is 32.1. The lowest BCUT2D eigenvalue weighted by atomic mass is 9.98. The summed E-state index contributed by atoms with van der Waals surface area (Å²) in [4.78, 5) is 18.1. The molecule has 1 fully saturated rings. The van der Waals surface area contributed by atoms with Crippen molar-refractivity contribution >= 4 is 17.2 Å². The van der Waals surface area contributed by atoms with Gasteiger partial charge in [0.15, 0.2) is 0 Å². The summed E-state index contributed by atoms with van der Waals surface area (Å²) in [5.74, 6) is 0.387. The molecule has 88 valence electrons. The van der Waals surface area contributed by atoms with Gasteiger partial charge in [-0.25, -0.2) is 4.98 Å². The lowest BCUT2D eigenvalue weighted by Crippen LogP contribution is -2.41. The van der Waals surface area contributed by atoms with E-state index in [2.05, 4.69) is 10.3 Å². The molecule has 16 heavy (non-hydrogen) atoms. The second-order valence-electron chi connectivity index (χ2n) is 4.22. The maximum atomic E-state index is 12.1. The van der Waals surface area contributed by atoms with Crippen LogP contribution in [-0.2, 0) is 11.3 Å². The average Bonchev–Trinajstić information content (AvgIpc) is 2.82. The predicted octanol–water partition coefficient (Wildman–Crippen LogP) is 1.10. The third-order valence-electron chi connectivity index (χ3n) is 2.90. The number of nitrogens with zero attached hydrogens (tertiary/aromatic N) is 2. The van der Waals surface area contributed by atoms with Gasteiger partial charge in [-0.05, 0) is 19.4 Å². The van der Waals surface area contributed by atoms with Gasteiger partial charge in [0.2, 0.25) is 5.91 Å². The highest BCUT2D eigenvalue weighted by molar-refractivity contribution is 7.07. The second-order valence-corrected chi connectivity index (χ2v) is 4.94. The minimum atomic E-state index is 0.150. The van der Waals surface area contributed by atoms with E-state index in [1.807, 2.05) is 12.4 Å². The van der Waals surface area contributed by atoms with Gasteiger partial charge in [0, 0.05) is 19.0 Å². The van der Waals surface area contributed by atoms with Crippen molar-refractivity contribution < 1.29 is 4.79 Å². The van der Waals surface area contributed by atoms with Crippen molar-refractivity contribution in [2.75, 3.05) is 20.1 Å². The number of carbonyl (C=O) groups is 1. The van der Waals surface area contributed by atoms with Crippen molar-refractivity contribution in [3.63, 3.8) is 0 Å². The van der Waals surface area contributed by atoms with E-state index in [0.717, 1.165) is 31.6 Å². The lowest BCUT2D eigenvalue weighted by molar-refractivity contribution is -0.135. The second kappa shape index (κ2) is 5.41. The van der Waals surface area contributed by atoms with Crippen molar-refractivity contribution in [1.29, 1.82) is 0 Å². The number of amides is 1. The van der Waals surface area contributed by atoms with E-state index in [1.165, 1.54) is 0 Å². The van der Waals surface area contributed by atoms with Crippen LogP contribution in [0, 0.1) is 5.92 Å². The molecule has 2 heterocycles. The highest BCUT2D eigenvalue weighted by Crippen LogP contribution is 2.14. The average molecular weight is 239 g/mol. The molecule has 0 spiro atoms.